The number of methoxy groups -OCH3 is 1. The molecular weight excluding hydrogens is 477 g/mol. The maximum atomic E-state index is 5.25. The summed E-state index contributed by atoms with van der Waals surface area (Å²) in [6, 6.07) is 12.0. The molecule has 1 saturated carbocycles. The minimum atomic E-state index is 0. The standard InChI is InChI=1S/C22H37N5O.HI/c1-23-22(24-12-15-26(16-17-28-2)20-10-11-20)25-18-21(27-13-6-7-14-27)19-8-4-3-5-9-19;/h3-5,8-9,20-21H,6-7,10-18H2,1-2H3,(H2,23,24,25);1H. The number of guanidine groups is 1. The van der Waals surface area contributed by atoms with Crippen molar-refractivity contribution in [1.29, 1.82) is 0 Å². The number of benzene rings is 1. The van der Waals surface area contributed by atoms with Crippen LogP contribution in [-0.4, -0.2) is 81.8 Å². The summed E-state index contributed by atoms with van der Waals surface area (Å²) in [6.07, 6.45) is 5.25. The second-order valence-electron chi connectivity index (χ2n) is 7.81. The van der Waals surface area contributed by atoms with Gasteiger partial charge in [0, 0.05) is 46.4 Å². The number of ether oxygens (including phenoxy) is 1. The quantitative estimate of drug-likeness (QED) is 0.270. The summed E-state index contributed by atoms with van der Waals surface area (Å²) in [5.74, 6) is 0.891. The van der Waals surface area contributed by atoms with Crippen molar-refractivity contribution in [1.82, 2.24) is 20.4 Å². The van der Waals surface area contributed by atoms with Gasteiger partial charge in [-0.2, -0.15) is 0 Å². The van der Waals surface area contributed by atoms with E-state index in [0.29, 0.717) is 6.04 Å². The molecule has 0 aromatic heterocycles. The fraction of sp³-hybridized carbons (Fsp3) is 0.682. The zero-order valence-corrected chi connectivity index (χ0v) is 20.3. The molecule has 29 heavy (non-hydrogen) atoms. The van der Waals surface area contributed by atoms with Crippen LogP contribution in [0.2, 0.25) is 0 Å². The van der Waals surface area contributed by atoms with Gasteiger partial charge < -0.3 is 15.4 Å². The highest BCUT2D eigenvalue weighted by Gasteiger charge is 2.28. The molecule has 1 aliphatic heterocycles. The Balaban J connectivity index is 0.00000300. The molecule has 1 heterocycles. The maximum Gasteiger partial charge on any atom is 0.191 e. The van der Waals surface area contributed by atoms with Crippen molar-refractivity contribution in [3.63, 3.8) is 0 Å². The molecular formula is C22H38IN5O. The topological polar surface area (TPSA) is 52.1 Å². The van der Waals surface area contributed by atoms with Gasteiger partial charge in [-0.3, -0.25) is 14.8 Å². The Hall–Kier alpha value is -0.900. The summed E-state index contributed by atoms with van der Waals surface area (Å²) in [5, 5.41) is 7.05. The first kappa shape index (κ1) is 24.4. The molecule has 2 N–H and O–H groups in total. The molecule has 2 fully saturated rings. The van der Waals surface area contributed by atoms with E-state index in [-0.39, 0.29) is 24.0 Å². The first-order chi connectivity index (χ1) is 13.8. The zero-order valence-electron chi connectivity index (χ0n) is 18.0. The lowest BCUT2D eigenvalue weighted by molar-refractivity contribution is 0.144. The van der Waals surface area contributed by atoms with E-state index in [1.54, 1.807) is 7.11 Å². The third-order valence-electron chi connectivity index (χ3n) is 5.79. The summed E-state index contributed by atoms with van der Waals surface area (Å²) in [5.41, 5.74) is 1.38. The van der Waals surface area contributed by atoms with Gasteiger partial charge in [0.2, 0.25) is 0 Å². The average Bonchev–Trinajstić information content (AvgIpc) is 3.44. The molecule has 1 unspecified atom stereocenters. The molecule has 1 aromatic carbocycles. The van der Waals surface area contributed by atoms with Crippen LogP contribution in [-0.2, 0) is 4.74 Å². The first-order valence-electron chi connectivity index (χ1n) is 10.8. The van der Waals surface area contributed by atoms with Gasteiger partial charge in [0.15, 0.2) is 5.96 Å². The predicted octanol–water partition coefficient (Wildman–Crippen LogP) is 2.72. The van der Waals surface area contributed by atoms with Crippen LogP contribution in [0.25, 0.3) is 0 Å². The Morgan fingerprint density at radius 3 is 2.52 bits per heavy atom. The van der Waals surface area contributed by atoms with E-state index in [9.17, 15) is 0 Å². The summed E-state index contributed by atoms with van der Waals surface area (Å²) in [6.45, 7) is 6.99. The van der Waals surface area contributed by atoms with E-state index in [4.69, 9.17) is 4.74 Å². The van der Waals surface area contributed by atoms with Crippen molar-refractivity contribution in [2.24, 2.45) is 4.99 Å². The van der Waals surface area contributed by atoms with Gasteiger partial charge in [0.05, 0.1) is 12.6 Å². The summed E-state index contributed by atoms with van der Waals surface area (Å²) < 4.78 is 5.25. The molecule has 1 atom stereocenters. The molecule has 2 aliphatic rings. The van der Waals surface area contributed by atoms with Crippen LogP contribution < -0.4 is 10.6 Å². The average molecular weight is 515 g/mol. The van der Waals surface area contributed by atoms with Gasteiger partial charge in [-0.05, 0) is 44.3 Å². The third kappa shape index (κ3) is 8.03. The number of nitrogens with zero attached hydrogens (tertiary/aromatic N) is 3. The Bertz CT molecular complexity index is 590. The van der Waals surface area contributed by atoms with Crippen LogP contribution in [0.4, 0.5) is 0 Å². The number of halogens is 1. The van der Waals surface area contributed by atoms with Crippen LogP contribution in [0, 0.1) is 0 Å². The summed E-state index contributed by atoms with van der Waals surface area (Å²) >= 11 is 0. The number of hydrogen-bond donors (Lipinski definition) is 2. The Morgan fingerprint density at radius 1 is 1.17 bits per heavy atom. The number of likely N-dealkylation sites (tertiary alicyclic amines) is 1. The SMILES string of the molecule is CN=C(NCCN(CCOC)C1CC1)NCC(c1ccccc1)N1CCCC1.I. The Kier molecular flexibility index (Phi) is 11.3. The predicted molar refractivity (Wildman–Crippen MR) is 131 cm³/mol. The second-order valence-corrected chi connectivity index (χ2v) is 7.81. The molecule has 7 heteroatoms. The lowest BCUT2D eigenvalue weighted by Gasteiger charge is -2.29. The highest BCUT2D eigenvalue weighted by atomic mass is 127. The molecule has 0 spiro atoms. The van der Waals surface area contributed by atoms with Crippen molar-refractivity contribution in [2.45, 2.75) is 37.8 Å². The summed E-state index contributed by atoms with van der Waals surface area (Å²) in [7, 11) is 3.63. The molecule has 1 aliphatic carbocycles. The van der Waals surface area contributed by atoms with Crippen molar-refractivity contribution in [2.75, 3.05) is 60.0 Å². The number of nitrogens with one attached hydrogen (secondary N) is 2. The Labute approximate surface area is 193 Å². The van der Waals surface area contributed by atoms with E-state index in [2.05, 4.69) is 55.8 Å². The smallest absolute Gasteiger partial charge is 0.191 e. The van der Waals surface area contributed by atoms with E-state index in [1.165, 1.54) is 44.3 Å². The normalized spacial score (nSPS) is 18.5. The summed E-state index contributed by atoms with van der Waals surface area (Å²) in [4.78, 5) is 9.55. The Morgan fingerprint density at radius 2 is 1.90 bits per heavy atom. The lowest BCUT2D eigenvalue weighted by Crippen LogP contribution is -2.45. The number of aliphatic imine (C=N–C) groups is 1. The van der Waals surface area contributed by atoms with Crippen LogP contribution >= 0.6 is 24.0 Å². The van der Waals surface area contributed by atoms with E-state index >= 15 is 0 Å². The van der Waals surface area contributed by atoms with Crippen molar-refractivity contribution >= 4 is 29.9 Å². The molecule has 1 saturated heterocycles. The van der Waals surface area contributed by atoms with Crippen LogP contribution in [0.15, 0.2) is 35.3 Å². The molecule has 6 nitrogen and oxygen atoms in total. The molecule has 1 aromatic rings. The van der Waals surface area contributed by atoms with Crippen LogP contribution in [0.5, 0.6) is 0 Å². The monoisotopic (exact) mass is 515 g/mol. The van der Waals surface area contributed by atoms with E-state index < -0.39 is 0 Å². The highest BCUT2D eigenvalue weighted by Crippen LogP contribution is 2.26. The molecule has 0 radical (unpaired) electrons. The van der Waals surface area contributed by atoms with E-state index in [1.807, 2.05) is 7.05 Å². The molecule has 0 amide bonds. The van der Waals surface area contributed by atoms with Gasteiger partial charge in [0.1, 0.15) is 0 Å². The first-order valence-corrected chi connectivity index (χ1v) is 10.8. The van der Waals surface area contributed by atoms with Gasteiger partial charge in [-0.15, -0.1) is 24.0 Å². The highest BCUT2D eigenvalue weighted by molar-refractivity contribution is 14.0. The van der Waals surface area contributed by atoms with Crippen molar-refractivity contribution < 1.29 is 4.74 Å². The maximum absolute atomic E-state index is 5.25. The van der Waals surface area contributed by atoms with Crippen molar-refractivity contribution in [3.8, 4) is 0 Å². The van der Waals surface area contributed by atoms with Crippen LogP contribution in [0.1, 0.15) is 37.3 Å². The van der Waals surface area contributed by atoms with Gasteiger partial charge in [-0.1, -0.05) is 30.3 Å². The minimum Gasteiger partial charge on any atom is -0.383 e. The number of rotatable bonds is 11. The fourth-order valence-corrected chi connectivity index (χ4v) is 4.04. The largest absolute Gasteiger partial charge is 0.383 e. The van der Waals surface area contributed by atoms with Gasteiger partial charge in [-0.25, -0.2) is 0 Å². The third-order valence-corrected chi connectivity index (χ3v) is 5.79. The zero-order chi connectivity index (χ0) is 19.6. The van der Waals surface area contributed by atoms with Crippen LogP contribution in [0.3, 0.4) is 0 Å². The molecule has 164 valence electrons. The molecule has 3 rings (SSSR count). The number of hydrogen-bond acceptors (Lipinski definition) is 4. The fourth-order valence-electron chi connectivity index (χ4n) is 4.04. The lowest BCUT2D eigenvalue weighted by atomic mass is 10.1. The molecule has 0 bridgehead atoms. The second kappa shape index (κ2) is 13.4. The van der Waals surface area contributed by atoms with Gasteiger partial charge in [0.25, 0.3) is 0 Å². The minimum absolute atomic E-state index is 0. The van der Waals surface area contributed by atoms with Gasteiger partial charge >= 0.3 is 0 Å². The van der Waals surface area contributed by atoms with E-state index in [0.717, 1.165) is 44.8 Å². The van der Waals surface area contributed by atoms with Crippen molar-refractivity contribution in [3.05, 3.63) is 35.9 Å².